The van der Waals surface area contributed by atoms with Crippen molar-refractivity contribution in [1.82, 2.24) is 4.98 Å². The van der Waals surface area contributed by atoms with Crippen LogP contribution in [-0.2, 0) is 26.2 Å². The first-order chi connectivity index (χ1) is 12.2. The third kappa shape index (κ3) is 3.70. The molecule has 0 saturated heterocycles. The second kappa shape index (κ2) is 6.92. The maximum Gasteiger partial charge on any atom is 0.217 e. The van der Waals surface area contributed by atoms with Gasteiger partial charge in [0.2, 0.25) is 9.84 Å². The number of rotatable bonds is 5. The van der Waals surface area contributed by atoms with E-state index in [4.69, 9.17) is 5.73 Å². The molecule has 2 N–H and O–H groups in total. The summed E-state index contributed by atoms with van der Waals surface area (Å²) in [5.74, 6) is 0. The summed E-state index contributed by atoms with van der Waals surface area (Å²) in [6.45, 7) is 0.138. The van der Waals surface area contributed by atoms with Crippen molar-refractivity contribution in [2.24, 2.45) is 5.73 Å². The van der Waals surface area contributed by atoms with Crippen molar-refractivity contribution >= 4 is 31.0 Å². The first-order valence-corrected chi connectivity index (χ1v) is 11.7. The van der Waals surface area contributed by atoms with Crippen molar-refractivity contribution < 1.29 is 16.8 Å². The van der Waals surface area contributed by atoms with Crippen LogP contribution in [-0.4, -0.2) is 28.1 Å². The average Bonchev–Trinajstić information content (AvgIpc) is 3.11. The first kappa shape index (κ1) is 18.7. The van der Waals surface area contributed by atoms with Crippen molar-refractivity contribution in [3.8, 4) is 11.1 Å². The second-order valence-corrected chi connectivity index (χ2v) is 10.9. The van der Waals surface area contributed by atoms with Gasteiger partial charge in [0.1, 0.15) is 9.22 Å². The number of aromatic nitrogens is 1. The number of hydrogen-bond acceptors (Lipinski definition) is 7. The van der Waals surface area contributed by atoms with Gasteiger partial charge in [-0.25, -0.2) is 21.8 Å². The Bertz CT molecular complexity index is 1150. The number of nitrogens with zero attached hydrogens (tertiary/aromatic N) is 1. The van der Waals surface area contributed by atoms with Crippen LogP contribution in [0.3, 0.4) is 0 Å². The van der Waals surface area contributed by atoms with Crippen LogP contribution in [0.15, 0.2) is 68.7 Å². The van der Waals surface area contributed by atoms with Crippen molar-refractivity contribution in [2.45, 2.75) is 20.5 Å². The topological polar surface area (TPSA) is 107 Å². The van der Waals surface area contributed by atoms with Gasteiger partial charge in [0, 0.05) is 12.8 Å². The Morgan fingerprint density at radius 2 is 1.62 bits per heavy atom. The molecular weight excluding hydrogens is 392 g/mol. The quantitative estimate of drug-likeness (QED) is 0.695. The van der Waals surface area contributed by atoms with Gasteiger partial charge in [-0.2, -0.15) is 0 Å². The molecule has 0 fully saturated rings. The Balaban J connectivity index is 2.24. The van der Waals surface area contributed by atoms with E-state index in [-0.39, 0.29) is 20.5 Å². The molecular formula is C17H16N2O4S3. The van der Waals surface area contributed by atoms with E-state index in [9.17, 15) is 16.8 Å². The van der Waals surface area contributed by atoms with Crippen LogP contribution in [0.2, 0.25) is 0 Å². The summed E-state index contributed by atoms with van der Waals surface area (Å²) in [7, 11) is -7.50. The van der Waals surface area contributed by atoms with E-state index >= 15 is 0 Å². The zero-order valence-electron chi connectivity index (χ0n) is 13.8. The van der Waals surface area contributed by atoms with E-state index < -0.39 is 19.7 Å². The molecule has 0 unspecified atom stereocenters. The smallest absolute Gasteiger partial charge is 0.217 e. The fourth-order valence-electron chi connectivity index (χ4n) is 2.37. The lowest BCUT2D eigenvalue weighted by Gasteiger charge is -2.09. The summed E-state index contributed by atoms with van der Waals surface area (Å²) in [6, 6.07) is 13.1. The number of thiazole rings is 1. The zero-order valence-corrected chi connectivity index (χ0v) is 16.2. The van der Waals surface area contributed by atoms with Gasteiger partial charge >= 0.3 is 0 Å². The Kier molecular flexibility index (Phi) is 4.98. The van der Waals surface area contributed by atoms with E-state index in [1.165, 1.54) is 24.4 Å². The number of benzene rings is 2. The summed E-state index contributed by atoms with van der Waals surface area (Å²) < 4.78 is 50.1. The molecule has 0 saturated carbocycles. The highest BCUT2D eigenvalue weighted by molar-refractivity contribution is 7.93. The molecule has 0 radical (unpaired) electrons. The fraction of sp³-hybridized carbons (Fsp3) is 0.118. The molecule has 0 aliphatic heterocycles. The molecule has 3 aromatic rings. The highest BCUT2D eigenvalue weighted by atomic mass is 32.2. The lowest BCUT2D eigenvalue weighted by atomic mass is 10.1. The van der Waals surface area contributed by atoms with Crippen LogP contribution < -0.4 is 5.73 Å². The summed E-state index contributed by atoms with van der Waals surface area (Å²) >= 11 is 0.976. The molecule has 0 aliphatic carbocycles. The summed E-state index contributed by atoms with van der Waals surface area (Å²) in [6.07, 6.45) is 2.30. The van der Waals surface area contributed by atoms with Crippen molar-refractivity contribution in [1.29, 1.82) is 0 Å². The molecule has 0 aliphatic rings. The van der Waals surface area contributed by atoms with Gasteiger partial charge < -0.3 is 5.73 Å². The minimum absolute atomic E-state index is 0.0302. The van der Waals surface area contributed by atoms with E-state index in [0.29, 0.717) is 10.6 Å². The van der Waals surface area contributed by atoms with Gasteiger partial charge in [0.15, 0.2) is 9.84 Å². The molecule has 0 amide bonds. The SMILES string of the molecule is CS(=O)(=O)c1cc(-c2ccccc2)cc(S(=O)(=O)c2cnc(CN)s2)c1. The Morgan fingerprint density at radius 1 is 0.962 bits per heavy atom. The minimum Gasteiger partial charge on any atom is -0.325 e. The third-order valence-electron chi connectivity index (χ3n) is 3.70. The van der Waals surface area contributed by atoms with Crippen LogP contribution in [0.5, 0.6) is 0 Å². The standard InChI is InChI=1S/C17H16N2O4S3/c1-25(20,21)14-7-13(12-5-3-2-4-6-12)8-15(9-14)26(22,23)17-11-19-16(10-18)24-17/h2-9,11H,10,18H2,1H3. The van der Waals surface area contributed by atoms with Gasteiger partial charge in [0.05, 0.1) is 16.0 Å². The molecule has 1 aromatic heterocycles. The van der Waals surface area contributed by atoms with Crippen molar-refractivity contribution in [2.75, 3.05) is 6.26 Å². The molecule has 136 valence electrons. The molecule has 2 aromatic carbocycles. The van der Waals surface area contributed by atoms with Gasteiger partial charge in [-0.15, -0.1) is 11.3 Å². The van der Waals surface area contributed by atoms with Gasteiger partial charge in [-0.3, -0.25) is 0 Å². The van der Waals surface area contributed by atoms with Crippen LogP contribution in [0.1, 0.15) is 5.01 Å². The summed E-state index contributed by atoms with van der Waals surface area (Å²) in [5, 5.41) is 0.492. The van der Waals surface area contributed by atoms with Crippen LogP contribution >= 0.6 is 11.3 Å². The van der Waals surface area contributed by atoms with Gasteiger partial charge in [-0.05, 0) is 29.3 Å². The normalized spacial score (nSPS) is 12.2. The molecule has 26 heavy (non-hydrogen) atoms. The lowest BCUT2D eigenvalue weighted by Crippen LogP contribution is -2.04. The molecule has 0 bridgehead atoms. The van der Waals surface area contributed by atoms with Gasteiger partial charge in [-0.1, -0.05) is 30.3 Å². The number of sulfone groups is 2. The predicted octanol–water partition coefficient (Wildman–Crippen LogP) is 2.51. The number of nitrogens with two attached hydrogens (primary N) is 1. The van der Waals surface area contributed by atoms with E-state index in [0.717, 1.165) is 23.2 Å². The maximum atomic E-state index is 13.0. The van der Waals surface area contributed by atoms with Crippen LogP contribution in [0, 0.1) is 0 Å². The fourth-order valence-corrected chi connectivity index (χ4v) is 5.65. The highest BCUT2D eigenvalue weighted by Gasteiger charge is 2.24. The Morgan fingerprint density at radius 3 is 2.19 bits per heavy atom. The zero-order chi connectivity index (χ0) is 18.9. The summed E-state index contributed by atoms with van der Waals surface area (Å²) in [4.78, 5) is 3.83. The Labute approximate surface area is 156 Å². The molecule has 9 heteroatoms. The van der Waals surface area contributed by atoms with Crippen molar-refractivity contribution in [3.63, 3.8) is 0 Å². The third-order valence-corrected chi connectivity index (χ3v) is 8.00. The highest BCUT2D eigenvalue weighted by Crippen LogP contribution is 2.31. The molecule has 6 nitrogen and oxygen atoms in total. The average molecular weight is 409 g/mol. The molecule has 0 spiro atoms. The largest absolute Gasteiger partial charge is 0.325 e. The van der Waals surface area contributed by atoms with E-state index in [1.54, 1.807) is 24.3 Å². The van der Waals surface area contributed by atoms with E-state index in [1.807, 2.05) is 6.07 Å². The lowest BCUT2D eigenvalue weighted by molar-refractivity contribution is 0.597. The second-order valence-electron chi connectivity index (χ2n) is 5.61. The van der Waals surface area contributed by atoms with E-state index in [2.05, 4.69) is 4.98 Å². The number of hydrogen-bond donors (Lipinski definition) is 1. The molecule has 1 heterocycles. The predicted molar refractivity (Wildman–Crippen MR) is 100 cm³/mol. The summed E-state index contributed by atoms with van der Waals surface area (Å²) in [5.41, 5.74) is 6.73. The molecule has 0 atom stereocenters. The molecule has 3 rings (SSSR count). The van der Waals surface area contributed by atoms with Gasteiger partial charge in [0.25, 0.3) is 0 Å². The first-order valence-electron chi connectivity index (χ1n) is 7.52. The minimum atomic E-state index is -3.91. The van der Waals surface area contributed by atoms with Crippen LogP contribution in [0.25, 0.3) is 11.1 Å². The van der Waals surface area contributed by atoms with Crippen LogP contribution in [0.4, 0.5) is 0 Å². The monoisotopic (exact) mass is 408 g/mol. The maximum absolute atomic E-state index is 13.0. The van der Waals surface area contributed by atoms with Crippen molar-refractivity contribution in [3.05, 3.63) is 59.7 Å². The Hall–Kier alpha value is -2.07.